The normalized spacial score (nSPS) is 26.1. The number of ketones is 1. The van der Waals surface area contributed by atoms with Gasteiger partial charge in [0.2, 0.25) is 5.78 Å². The first kappa shape index (κ1) is 13.4. The highest BCUT2D eigenvalue weighted by Gasteiger charge is 2.41. The Morgan fingerprint density at radius 1 is 1.35 bits per heavy atom. The molecule has 1 heterocycles. The van der Waals surface area contributed by atoms with E-state index in [-0.39, 0.29) is 11.8 Å². The number of nitrogens with two attached hydrogens (primary N) is 2. The predicted octanol–water partition coefficient (Wildman–Crippen LogP) is 2.38. The van der Waals surface area contributed by atoms with Gasteiger partial charge < -0.3 is 16.5 Å². The third-order valence-corrected chi connectivity index (χ3v) is 4.16. The Morgan fingerprint density at radius 3 is 2.90 bits per heavy atom. The van der Waals surface area contributed by atoms with Gasteiger partial charge in [0, 0.05) is 22.0 Å². The highest BCUT2D eigenvalue weighted by Crippen LogP contribution is 2.27. The minimum atomic E-state index is -1.04. The quantitative estimate of drug-likeness (QED) is 0.586. The number of aromatic amines is 1. The molecule has 1 aromatic carbocycles. The first-order valence-electron chi connectivity index (χ1n) is 6.53. The fraction of sp³-hybridized carbons (Fsp3) is 0.267. The molecule has 0 radical (unpaired) electrons. The van der Waals surface area contributed by atoms with Gasteiger partial charge in [0.15, 0.2) is 0 Å². The Balaban J connectivity index is 2.02. The van der Waals surface area contributed by atoms with Crippen molar-refractivity contribution in [2.45, 2.75) is 24.4 Å². The van der Waals surface area contributed by atoms with Crippen molar-refractivity contribution in [3.05, 3.63) is 47.1 Å². The number of hydrogen-bond acceptors (Lipinski definition) is 3. The molecular weight excluding hydrogens is 274 g/mol. The molecule has 2 atom stereocenters. The van der Waals surface area contributed by atoms with Gasteiger partial charge in [0.25, 0.3) is 0 Å². The van der Waals surface area contributed by atoms with E-state index in [9.17, 15) is 4.79 Å². The highest BCUT2D eigenvalue weighted by molar-refractivity contribution is 6.31. The van der Waals surface area contributed by atoms with E-state index in [1.165, 1.54) is 0 Å². The van der Waals surface area contributed by atoms with E-state index in [1.807, 2.05) is 24.3 Å². The van der Waals surface area contributed by atoms with Crippen LogP contribution >= 0.6 is 11.6 Å². The number of halogens is 1. The molecule has 2 unspecified atom stereocenters. The molecule has 2 aromatic rings. The molecule has 3 rings (SSSR count). The van der Waals surface area contributed by atoms with Crippen LogP contribution in [0.2, 0.25) is 5.02 Å². The number of rotatable bonds is 2. The van der Waals surface area contributed by atoms with Gasteiger partial charge >= 0.3 is 0 Å². The summed E-state index contributed by atoms with van der Waals surface area (Å²) in [5.74, 6) is -0.151. The van der Waals surface area contributed by atoms with E-state index < -0.39 is 5.54 Å². The van der Waals surface area contributed by atoms with Crippen LogP contribution in [0.25, 0.3) is 10.9 Å². The predicted molar refractivity (Wildman–Crippen MR) is 80.9 cm³/mol. The van der Waals surface area contributed by atoms with Gasteiger partial charge in [-0.15, -0.1) is 0 Å². The van der Waals surface area contributed by atoms with Gasteiger partial charge in [-0.3, -0.25) is 4.79 Å². The Labute approximate surface area is 121 Å². The molecule has 1 aliphatic carbocycles. The molecule has 0 saturated heterocycles. The molecule has 0 saturated carbocycles. The van der Waals surface area contributed by atoms with Gasteiger partial charge in [0.1, 0.15) is 5.54 Å². The number of carbonyl (C=O) groups is 1. The molecule has 5 heteroatoms. The SMILES string of the molecule is NC1CC=CCC1(N)C(=O)c1cc2cc(Cl)ccc2[nH]1. The number of Topliss-reactive ketones (excluding diaryl/α,β-unsaturated/α-hetero) is 1. The average molecular weight is 290 g/mol. The lowest BCUT2D eigenvalue weighted by molar-refractivity contribution is 0.0856. The maximum absolute atomic E-state index is 12.7. The first-order valence-corrected chi connectivity index (χ1v) is 6.91. The third-order valence-electron chi connectivity index (χ3n) is 3.92. The number of aromatic nitrogens is 1. The fourth-order valence-corrected chi connectivity index (χ4v) is 2.80. The summed E-state index contributed by atoms with van der Waals surface area (Å²) in [5.41, 5.74) is 12.6. The number of hydrogen-bond donors (Lipinski definition) is 3. The molecule has 1 aliphatic rings. The standard InChI is InChI=1S/C15H16ClN3O/c16-10-4-5-11-9(7-10)8-12(19-11)14(20)15(18)6-2-1-3-13(15)17/h1-2,4-5,7-8,13,19H,3,6,17-18H2. The molecule has 5 N–H and O–H groups in total. The van der Waals surface area contributed by atoms with E-state index in [1.54, 1.807) is 12.1 Å². The van der Waals surface area contributed by atoms with Crippen molar-refractivity contribution in [1.29, 1.82) is 0 Å². The van der Waals surface area contributed by atoms with Crippen LogP contribution in [0.4, 0.5) is 0 Å². The van der Waals surface area contributed by atoms with Crippen molar-refractivity contribution >= 4 is 28.3 Å². The number of fused-ring (bicyclic) bond motifs is 1. The van der Waals surface area contributed by atoms with Crippen molar-refractivity contribution < 1.29 is 4.79 Å². The zero-order valence-corrected chi connectivity index (χ0v) is 11.7. The molecule has 0 aliphatic heterocycles. The molecule has 4 nitrogen and oxygen atoms in total. The van der Waals surface area contributed by atoms with Crippen LogP contribution in [0.1, 0.15) is 23.3 Å². The lowest BCUT2D eigenvalue weighted by atomic mass is 9.78. The lowest BCUT2D eigenvalue weighted by Gasteiger charge is -2.34. The maximum Gasteiger partial charge on any atom is 0.200 e. The average Bonchev–Trinajstić information content (AvgIpc) is 2.84. The van der Waals surface area contributed by atoms with Crippen molar-refractivity contribution in [3.63, 3.8) is 0 Å². The number of benzene rings is 1. The van der Waals surface area contributed by atoms with Crippen molar-refractivity contribution in [2.75, 3.05) is 0 Å². The monoisotopic (exact) mass is 289 g/mol. The van der Waals surface area contributed by atoms with Crippen molar-refractivity contribution in [3.8, 4) is 0 Å². The second kappa shape index (κ2) is 4.74. The van der Waals surface area contributed by atoms with Crippen LogP contribution < -0.4 is 11.5 Å². The van der Waals surface area contributed by atoms with E-state index >= 15 is 0 Å². The van der Waals surface area contributed by atoms with Crippen LogP contribution in [-0.2, 0) is 0 Å². The van der Waals surface area contributed by atoms with Gasteiger partial charge in [0.05, 0.1) is 5.69 Å². The van der Waals surface area contributed by atoms with Gasteiger partial charge in [-0.05, 0) is 37.1 Å². The summed E-state index contributed by atoms with van der Waals surface area (Å²) in [6.45, 7) is 0. The smallest absolute Gasteiger partial charge is 0.200 e. The molecular formula is C15H16ClN3O. The zero-order chi connectivity index (χ0) is 14.3. The van der Waals surface area contributed by atoms with Crippen LogP contribution in [0, 0.1) is 0 Å². The van der Waals surface area contributed by atoms with Gasteiger partial charge in [-0.25, -0.2) is 0 Å². The van der Waals surface area contributed by atoms with Crippen LogP contribution in [0.5, 0.6) is 0 Å². The summed E-state index contributed by atoms with van der Waals surface area (Å²) in [7, 11) is 0. The van der Waals surface area contributed by atoms with Crippen molar-refractivity contribution in [2.24, 2.45) is 11.5 Å². The summed E-state index contributed by atoms with van der Waals surface area (Å²) < 4.78 is 0. The molecule has 0 fully saturated rings. The minimum absolute atomic E-state index is 0.151. The Morgan fingerprint density at radius 2 is 2.15 bits per heavy atom. The molecule has 0 spiro atoms. The summed E-state index contributed by atoms with van der Waals surface area (Å²) >= 11 is 5.95. The first-order chi connectivity index (χ1) is 9.50. The summed E-state index contributed by atoms with van der Waals surface area (Å²) in [4.78, 5) is 15.8. The Bertz CT molecular complexity index is 706. The number of carbonyl (C=O) groups excluding carboxylic acids is 1. The second-order valence-electron chi connectivity index (χ2n) is 5.30. The topological polar surface area (TPSA) is 84.9 Å². The molecule has 20 heavy (non-hydrogen) atoms. The molecule has 104 valence electrons. The zero-order valence-electron chi connectivity index (χ0n) is 10.9. The Hall–Kier alpha value is -1.62. The number of nitrogens with one attached hydrogen (secondary N) is 1. The van der Waals surface area contributed by atoms with E-state index in [2.05, 4.69) is 4.98 Å². The second-order valence-corrected chi connectivity index (χ2v) is 5.74. The molecule has 1 aromatic heterocycles. The minimum Gasteiger partial charge on any atom is -0.352 e. The third kappa shape index (κ3) is 2.06. The van der Waals surface area contributed by atoms with E-state index in [0.717, 1.165) is 10.9 Å². The van der Waals surface area contributed by atoms with Crippen molar-refractivity contribution in [1.82, 2.24) is 4.98 Å². The van der Waals surface area contributed by atoms with Crippen LogP contribution in [0.3, 0.4) is 0 Å². The largest absolute Gasteiger partial charge is 0.352 e. The lowest BCUT2D eigenvalue weighted by Crippen LogP contribution is -2.61. The highest BCUT2D eigenvalue weighted by atomic mass is 35.5. The molecule has 0 amide bonds. The number of H-pyrrole nitrogens is 1. The summed E-state index contributed by atoms with van der Waals surface area (Å²) in [6, 6.07) is 6.85. The van der Waals surface area contributed by atoms with E-state index in [0.29, 0.717) is 23.6 Å². The van der Waals surface area contributed by atoms with Gasteiger partial charge in [-0.1, -0.05) is 23.8 Å². The van der Waals surface area contributed by atoms with Crippen LogP contribution in [0.15, 0.2) is 36.4 Å². The van der Waals surface area contributed by atoms with Crippen LogP contribution in [-0.4, -0.2) is 22.3 Å². The summed E-state index contributed by atoms with van der Waals surface area (Å²) in [6.07, 6.45) is 4.96. The fourth-order valence-electron chi connectivity index (χ4n) is 2.62. The maximum atomic E-state index is 12.7. The summed E-state index contributed by atoms with van der Waals surface area (Å²) in [5, 5.41) is 1.53. The van der Waals surface area contributed by atoms with E-state index in [4.69, 9.17) is 23.1 Å². The Kier molecular flexibility index (Phi) is 3.17. The molecule has 0 bridgehead atoms. The van der Waals surface area contributed by atoms with Gasteiger partial charge in [-0.2, -0.15) is 0 Å².